The number of ether oxygens (including phenoxy) is 1. The number of hydrogen-bond acceptors (Lipinski definition) is 3. The molecule has 0 saturated heterocycles. The lowest BCUT2D eigenvalue weighted by Crippen LogP contribution is -2.38. The topological polar surface area (TPSA) is 58.6 Å². The van der Waals surface area contributed by atoms with Crippen molar-refractivity contribution in [1.82, 2.24) is 5.32 Å². The maximum Gasteiger partial charge on any atom is 0.407 e. The molecule has 1 aliphatic rings. The molecule has 4 nitrogen and oxygen atoms in total. The van der Waals surface area contributed by atoms with Crippen LogP contribution >= 0.6 is 0 Å². The Hall–Kier alpha value is -3.18. The van der Waals surface area contributed by atoms with Gasteiger partial charge in [0.1, 0.15) is 18.5 Å². The SMILES string of the molecule is CC(NC(=O)OCC1c2ccccc2-c2ccccc21)C(O)c1ccccc1F. The van der Waals surface area contributed by atoms with Crippen LogP contribution in [-0.4, -0.2) is 23.8 Å². The van der Waals surface area contributed by atoms with Gasteiger partial charge in [0.2, 0.25) is 0 Å². The molecule has 1 aliphatic carbocycles. The Morgan fingerprint density at radius 2 is 1.55 bits per heavy atom. The summed E-state index contributed by atoms with van der Waals surface area (Å²) < 4.78 is 19.3. The van der Waals surface area contributed by atoms with Crippen LogP contribution in [0, 0.1) is 5.82 Å². The van der Waals surface area contributed by atoms with Gasteiger partial charge in [0.05, 0.1) is 6.04 Å². The minimum atomic E-state index is -1.17. The maximum atomic E-state index is 13.9. The number of halogens is 1. The summed E-state index contributed by atoms with van der Waals surface area (Å²) in [6.07, 6.45) is -1.81. The number of fused-ring (bicyclic) bond motifs is 3. The molecule has 0 bridgehead atoms. The molecule has 0 fully saturated rings. The van der Waals surface area contributed by atoms with Crippen molar-refractivity contribution >= 4 is 6.09 Å². The fraction of sp³-hybridized carbons (Fsp3) is 0.208. The standard InChI is InChI=1S/C24H22FNO3/c1-15(23(27)20-12-6-7-13-22(20)25)26-24(28)29-14-21-18-10-4-2-8-16(18)17-9-3-5-11-19(17)21/h2-13,15,21,23,27H,14H2,1H3,(H,26,28). The van der Waals surface area contributed by atoms with Crippen molar-refractivity contribution in [3.8, 4) is 11.1 Å². The summed E-state index contributed by atoms with van der Waals surface area (Å²) in [5.41, 5.74) is 4.70. The van der Waals surface area contributed by atoms with E-state index in [0.29, 0.717) is 0 Å². The van der Waals surface area contributed by atoms with E-state index in [0.717, 1.165) is 22.3 Å². The summed E-state index contributed by atoms with van der Waals surface area (Å²) in [7, 11) is 0. The van der Waals surface area contributed by atoms with Crippen LogP contribution in [-0.2, 0) is 4.74 Å². The summed E-state index contributed by atoms with van der Waals surface area (Å²) in [6, 6.07) is 21.4. The van der Waals surface area contributed by atoms with Crippen molar-refractivity contribution < 1.29 is 19.0 Å². The molecule has 0 saturated carbocycles. The smallest absolute Gasteiger partial charge is 0.407 e. The van der Waals surface area contributed by atoms with Gasteiger partial charge in [0, 0.05) is 11.5 Å². The zero-order chi connectivity index (χ0) is 20.4. The lowest BCUT2D eigenvalue weighted by molar-refractivity contribution is 0.107. The number of carbonyl (C=O) groups is 1. The second-order valence-electron chi connectivity index (χ2n) is 7.22. The number of amides is 1. The van der Waals surface area contributed by atoms with Gasteiger partial charge in [0.25, 0.3) is 0 Å². The molecule has 2 atom stereocenters. The van der Waals surface area contributed by atoms with Crippen molar-refractivity contribution in [1.29, 1.82) is 0 Å². The Kier molecular flexibility index (Phi) is 5.32. The third-order valence-corrected chi connectivity index (χ3v) is 5.39. The van der Waals surface area contributed by atoms with Crippen LogP contribution < -0.4 is 5.32 Å². The van der Waals surface area contributed by atoms with Crippen molar-refractivity contribution in [2.45, 2.75) is 25.0 Å². The number of hydrogen-bond donors (Lipinski definition) is 2. The van der Waals surface area contributed by atoms with Crippen LogP contribution in [0.5, 0.6) is 0 Å². The molecule has 0 spiro atoms. The fourth-order valence-corrected chi connectivity index (χ4v) is 3.89. The molecule has 3 aromatic carbocycles. The lowest BCUT2D eigenvalue weighted by Gasteiger charge is -2.21. The molecule has 0 radical (unpaired) electrons. The van der Waals surface area contributed by atoms with E-state index >= 15 is 0 Å². The minimum Gasteiger partial charge on any atom is -0.449 e. The van der Waals surface area contributed by atoms with E-state index in [4.69, 9.17) is 4.74 Å². The van der Waals surface area contributed by atoms with Gasteiger partial charge in [-0.05, 0) is 35.2 Å². The average molecular weight is 391 g/mol. The Balaban J connectivity index is 1.42. The third kappa shape index (κ3) is 3.74. The second kappa shape index (κ2) is 8.05. The van der Waals surface area contributed by atoms with Crippen LogP contribution in [0.2, 0.25) is 0 Å². The lowest BCUT2D eigenvalue weighted by atomic mass is 9.98. The Morgan fingerprint density at radius 1 is 1.00 bits per heavy atom. The summed E-state index contributed by atoms with van der Waals surface area (Å²) in [4.78, 5) is 12.3. The highest BCUT2D eigenvalue weighted by molar-refractivity contribution is 5.79. The van der Waals surface area contributed by atoms with Gasteiger partial charge < -0.3 is 15.2 Å². The number of alkyl carbamates (subject to hydrolysis) is 1. The molecule has 5 heteroatoms. The number of aliphatic hydroxyl groups is 1. The van der Waals surface area contributed by atoms with Gasteiger partial charge in [-0.2, -0.15) is 0 Å². The largest absolute Gasteiger partial charge is 0.449 e. The highest BCUT2D eigenvalue weighted by atomic mass is 19.1. The summed E-state index contributed by atoms with van der Waals surface area (Å²) in [5.74, 6) is -0.555. The number of nitrogens with one attached hydrogen (secondary N) is 1. The number of rotatable bonds is 5. The van der Waals surface area contributed by atoms with Crippen LogP contribution in [0.25, 0.3) is 11.1 Å². The first-order chi connectivity index (χ1) is 14.1. The van der Waals surface area contributed by atoms with E-state index < -0.39 is 24.1 Å². The first kappa shape index (κ1) is 19.2. The van der Waals surface area contributed by atoms with E-state index in [1.165, 1.54) is 12.1 Å². The summed E-state index contributed by atoms with van der Waals surface area (Å²) >= 11 is 0. The van der Waals surface area contributed by atoms with Crippen molar-refractivity contribution in [2.24, 2.45) is 0 Å². The predicted molar refractivity (Wildman–Crippen MR) is 109 cm³/mol. The van der Waals surface area contributed by atoms with Gasteiger partial charge in [-0.15, -0.1) is 0 Å². The monoisotopic (exact) mass is 391 g/mol. The number of aliphatic hydroxyl groups excluding tert-OH is 1. The molecule has 1 amide bonds. The Labute approximate surface area is 169 Å². The Morgan fingerprint density at radius 3 is 2.17 bits per heavy atom. The van der Waals surface area contributed by atoms with Crippen molar-refractivity contribution in [2.75, 3.05) is 6.61 Å². The molecular weight excluding hydrogens is 369 g/mol. The van der Waals surface area contributed by atoms with Crippen LogP contribution in [0.15, 0.2) is 72.8 Å². The summed E-state index contributed by atoms with van der Waals surface area (Å²) in [5, 5.41) is 12.9. The normalized spacial score (nSPS) is 14.6. The van der Waals surface area contributed by atoms with Gasteiger partial charge in [-0.1, -0.05) is 66.7 Å². The fourth-order valence-electron chi connectivity index (χ4n) is 3.89. The molecule has 0 heterocycles. The third-order valence-electron chi connectivity index (χ3n) is 5.39. The van der Waals surface area contributed by atoms with Gasteiger partial charge in [-0.25, -0.2) is 9.18 Å². The average Bonchev–Trinajstić information content (AvgIpc) is 3.06. The first-order valence-corrected chi connectivity index (χ1v) is 9.60. The quantitative estimate of drug-likeness (QED) is 0.658. The van der Waals surface area contributed by atoms with Crippen LogP contribution in [0.3, 0.4) is 0 Å². The highest BCUT2D eigenvalue weighted by Crippen LogP contribution is 2.44. The molecule has 0 aliphatic heterocycles. The van der Waals surface area contributed by atoms with Gasteiger partial charge in [0.15, 0.2) is 0 Å². The molecule has 148 valence electrons. The first-order valence-electron chi connectivity index (χ1n) is 9.60. The van der Waals surface area contributed by atoms with E-state index in [9.17, 15) is 14.3 Å². The van der Waals surface area contributed by atoms with Crippen molar-refractivity contribution in [3.63, 3.8) is 0 Å². The molecule has 4 rings (SSSR count). The van der Waals surface area contributed by atoms with Gasteiger partial charge in [-0.3, -0.25) is 0 Å². The molecule has 3 aromatic rings. The Bertz CT molecular complexity index is 990. The van der Waals surface area contributed by atoms with Crippen molar-refractivity contribution in [3.05, 3.63) is 95.3 Å². The van der Waals surface area contributed by atoms with E-state index in [1.54, 1.807) is 19.1 Å². The summed E-state index contributed by atoms with van der Waals surface area (Å²) in [6.45, 7) is 1.79. The molecular formula is C24H22FNO3. The van der Waals surface area contributed by atoms with E-state index in [1.807, 2.05) is 36.4 Å². The van der Waals surface area contributed by atoms with E-state index in [-0.39, 0.29) is 18.1 Å². The number of carbonyl (C=O) groups excluding carboxylic acids is 1. The van der Waals surface area contributed by atoms with Crippen LogP contribution in [0.1, 0.15) is 35.6 Å². The zero-order valence-electron chi connectivity index (χ0n) is 16.0. The molecule has 0 aromatic heterocycles. The maximum absolute atomic E-state index is 13.9. The molecule has 29 heavy (non-hydrogen) atoms. The molecule has 2 unspecified atom stereocenters. The minimum absolute atomic E-state index is 0.0417. The van der Waals surface area contributed by atoms with Gasteiger partial charge >= 0.3 is 6.09 Å². The number of benzene rings is 3. The highest BCUT2D eigenvalue weighted by Gasteiger charge is 2.29. The second-order valence-corrected chi connectivity index (χ2v) is 7.22. The van der Waals surface area contributed by atoms with E-state index in [2.05, 4.69) is 17.4 Å². The predicted octanol–water partition coefficient (Wildman–Crippen LogP) is 4.79. The zero-order valence-corrected chi connectivity index (χ0v) is 16.0. The van der Waals surface area contributed by atoms with Crippen LogP contribution in [0.4, 0.5) is 9.18 Å². The molecule has 2 N–H and O–H groups in total.